The number of nitrogens with zero attached hydrogens (tertiary/aromatic N) is 2. The third-order valence-corrected chi connectivity index (χ3v) is 4.25. The summed E-state index contributed by atoms with van der Waals surface area (Å²) in [4.78, 5) is 29.8. The number of fused-ring (bicyclic) bond motifs is 1. The molecule has 1 aliphatic heterocycles. The van der Waals surface area contributed by atoms with Gasteiger partial charge in [-0.3, -0.25) is 9.59 Å². The molecule has 0 atom stereocenters. The molecule has 2 aromatic rings. The largest absolute Gasteiger partial charge is 0.441 e. The Morgan fingerprint density at radius 2 is 2.17 bits per heavy atom. The van der Waals surface area contributed by atoms with E-state index in [1.165, 1.54) is 0 Å². The van der Waals surface area contributed by atoms with Crippen molar-refractivity contribution in [2.24, 2.45) is 0 Å². The molecule has 1 N–H and O–H groups in total. The molecule has 0 radical (unpaired) electrons. The van der Waals surface area contributed by atoms with Crippen LogP contribution in [-0.4, -0.2) is 41.3 Å². The number of nitrogens with one attached hydrogen (secondary N) is 1. The Hall–Kier alpha value is -2.37. The summed E-state index contributed by atoms with van der Waals surface area (Å²) in [7, 11) is 0. The van der Waals surface area contributed by atoms with Crippen molar-refractivity contribution in [3.63, 3.8) is 0 Å². The van der Waals surface area contributed by atoms with Gasteiger partial charge in [-0.05, 0) is 31.4 Å². The first-order valence-electron chi connectivity index (χ1n) is 8.61. The minimum atomic E-state index is 0.00979. The van der Waals surface area contributed by atoms with Crippen LogP contribution in [0.2, 0.25) is 0 Å². The Morgan fingerprint density at radius 3 is 3.00 bits per heavy atom. The summed E-state index contributed by atoms with van der Waals surface area (Å²) in [6.07, 6.45) is 4.44. The van der Waals surface area contributed by atoms with Crippen molar-refractivity contribution in [1.82, 2.24) is 15.2 Å². The van der Waals surface area contributed by atoms with Crippen LogP contribution in [0.3, 0.4) is 0 Å². The molecule has 0 saturated carbocycles. The highest BCUT2D eigenvalue weighted by atomic mass is 16.3. The van der Waals surface area contributed by atoms with Gasteiger partial charge in [0.25, 0.3) is 0 Å². The van der Waals surface area contributed by atoms with Crippen molar-refractivity contribution in [3.8, 4) is 0 Å². The lowest BCUT2D eigenvalue weighted by atomic mass is 10.1. The number of para-hydroxylation sites is 2. The molecule has 1 aromatic heterocycles. The molecular formula is C18H23N3O3. The number of carbonyl (C=O) groups excluding carboxylic acids is 2. The number of piperidine rings is 1. The number of oxazole rings is 1. The van der Waals surface area contributed by atoms with Crippen molar-refractivity contribution in [1.29, 1.82) is 0 Å². The van der Waals surface area contributed by atoms with Gasteiger partial charge in [0.1, 0.15) is 5.52 Å². The van der Waals surface area contributed by atoms with Crippen LogP contribution < -0.4 is 5.32 Å². The monoisotopic (exact) mass is 329 g/mol. The topological polar surface area (TPSA) is 75.4 Å². The molecule has 6 nitrogen and oxygen atoms in total. The van der Waals surface area contributed by atoms with Gasteiger partial charge in [0.05, 0.1) is 0 Å². The van der Waals surface area contributed by atoms with E-state index < -0.39 is 0 Å². The van der Waals surface area contributed by atoms with E-state index in [-0.39, 0.29) is 11.8 Å². The molecule has 24 heavy (non-hydrogen) atoms. The van der Waals surface area contributed by atoms with E-state index in [9.17, 15) is 9.59 Å². The van der Waals surface area contributed by atoms with E-state index in [0.29, 0.717) is 44.7 Å². The standard InChI is InChI=1S/C18H23N3O3/c22-16(8-5-13-21-12-4-3-9-18(21)23)19-11-10-17-20-14-6-1-2-7-15(14)24-17/h1-2,6-7H,3-5,8-13H2,(H,19,22). The first-order chi connectivity index (χ1) is 11.7. The minimum absolute atomic E-state index is 0.00979. The second-order valence-electron chi connectivity index (χ2n) is 6.12. The van der Waals surface area contributed by atoms with E-state index in [1.54, 1.807) is 0 Å². The molecule has 0 bridgehead atoms. The molecule has 1 fully saturated rings. The van der Waals surface area contributed by atoms with Crippen LogP contribution in [0.4, 0.5) is 0 Å². The second-order valence-corrected chi connectivity index (χ2v) is 6.12. The van der Waals surface area contributed by atoms with Crippen molar-refractivity contribution < 1.29 is 14.0 Å². The molecule has 0 aliphatic carbocycles. The van der Waals surface area contributed by atoms with Crippen LogP contribution in [0, 0.1) is 0 Å². The van der Waals surface area contributed by atoms with E-state index in [1.807, 2.05) is 29.2 Å². The maximum Gasteiger partial charge on any atom is 0.222 e. The normalized spacial score (nSPS) is 15.0. The van der Waals surface area contributed by atoms with Gasteiger partial charge >= 0.3 is 0 Å². The third-order valence-electron chi connectivity index (χ3n) is 4.25. The molecule has 6 heteroatoms. The molecule has 1 aliphatic rings. The molecule has 1 saturated heterocycles. The molecule has 128 valence electrons. The highest BCUT2D eigenvalue weighted by Gasteiger charge is 2.17. The zero-order valence-electron chi connectivity index (χ0n) is 13.8. The first-order valence-corrected chi connectivity index (χ1v) is 8.61. The average molecular weight is 329 g/mol. The maximum absolute atomic E-state index is 11.9. The van der Waals surface area contributed by atoms with E-state index in [0.717, 1.165) is 30.5 Å². The van der Waals surface area contributed by atoms with Crippen LogP contribution in [0.25, 0.3) is 11.1 Å². The fourth-order valence-corrected chi connectivity index (χ4v) is 2.95. The van der Waals surface area contributed by atoms with E-state index in [2.05, 4.69) is 10.3 Å². The molecule has 0 spiro atoms. The number of rotatable bonds is 7. The van der Waals surface area contributed by atoms with Crippen LogP contribution in [0.5, 0.6) is 0 Å². The number of benzene rings is 1. The van der Waals surface area contributed by atoms with Crippen molar-refractivity contribution in [3.05, 3.63) is 30.2 Å². The average Bonchev–Trinajstić information content (AvgIpc) is 2.99. The summed E-state index contributed by atoms with van der Waals surface area (Å²) in [5.41, 5.74) is 1.61. The molecule has 2 heterocycles. The smallest absolute Gasteiger partial charge is 0.222 e. The summed E-state index contributed by atoms with van der Waals surface area (Å²) in [5.74, 6) is 0.864. The zero-order chi connectivity index (χ0) is 16.8. The Kier molecular flexibility index (Phi) is 5.46. The zero-order valence-corrected chi connectivity index (χ0v) is 13.8. The van der Waals surface area contributed by atoms with Crippen LogP contribution in [0.15, 0.2) is 28.7 Å². The SMILES string of the molecule is O=C(CCCN1CCCCC1=O)NCCc1nc2ccccc2o1. The van der Waals surface area contributed by atoms with Gasteiger partial charge in [-0.15, -0.1) is 0 Å². The first kappa shape index (κ1) is 16.5. The molecule has 1 aromatic carbocycles. The number of likely N-dealkylation sites (tertiary alicyclic amines) is 1. The van der Waals surface area contributed by atoms with Crippen molar-refractivity contribution >= 4 is 22.9 Å². The Balaban J connectivity index is 1.34. The predicted molar refractivity (Wildman–Crippen MR) is 90.4 cm³/mol. The summed E-state index contributed by atoms with van der Waals surface area (Å²) >= 11 is 0. The quantitative estimate of drug-likeness (QED) is 0.845. The van der Waals surface area contributed by atoms with Crippen LogP contribution in [-0.2, 0) is 16.0 Å². The van der Waals surface area contributed by atoms with E-state index in [4.69, 9.17) is 4.42 Å². The van der Waals surface area contributed by atoms with Crippen molar-refractivity contribution in [2.45, 2.75) is 38.5 Å². The molecule has 0 unspecified atom stereocenters. The Morgan fingerprint density at radius 1 is 1.29 bits per heavy atom. The highest BCUT2D eigenvalue weighted by Crippen LogP contribution is 2.14. The lowest BCUT2D eigenvalue weighted by Crippen LogP contribution is -2.36. The van der Waals surface area contributed by atoms with Crippen molar-refractivity contribution in [2.75, 3.05) is 19.6 Å². The second kappa shape index (κ2) is 7.95. The number of hydrogen-bond acceptors (Lipinski definition) is 4. The van der Waals surface area contributed by atoms with Gasteiger partial charge in [-0.2, -0.15) is 0 Å². The highest BCUT2D eigenvalue weighted by molar-refractivity contribution is 5.77. The van der Waals surface area contributed by atoms with Crippen LogP contribution >= 0.6 is 0 Å². The fraction of sp³-hybridized carbons (Fsp3) is 0.500. The fourth-order valence-electron chi connectivity index (χ4n) is 2.95. The summed E-state index contributed by atoms with van der Waals surface area (Å²) < 4.78 is 5.62. The van der Waals surface area contributed by atoms with Gasteiger partial charge in [0.2, 0.25) is 11.8 Å². The predicted octanol–water partition coefficient (Wildman–Crippen LogP) is 2.28. The minimum Gasteiger partial charge on any atom is -0.441 e. The van der Waals surface area contributed by atoms with E-state index >= 15 is 0 Å². The van der Waals surface area contributed by atoms with Gasteiger partial charge in [0, 0.05) is 38.9 Å². The summed E-state index contributed by atoms with van der Waals surface area (Å²) in [6, 6.07) is 7.62. The van der Waals surface area contributed by atoms with Gasteiger partial charge in [-0.25, -0.2) is 4.98 Å². The number of hydrogen-bond donors (Lipinski definition) is 1. The third kappa shape index (κ3) is 4.34. The number of amides is 2. The lowest BCUT2D eigenvalue weighted by Gasteiger charge is -2.26. The van der Waals surface area contributed by atoms with Crippen LogP contribution in [0.1, 0.15) is 38.0 Å². The summed E-state index contributed by atoms with van der Waals surface area (Å²) in [6.45, 7) is 2.02. The molecule has 3 rings (SSSR count). The Bertz CT molecular complexity index is 677. The lowest BCUT2D eigenvalue weighted by molar-refractivity contribution is -0.133. The number of aromatic nitrogens is 1. The summed E-state index contributed by atoms with van der Waals surface area (Å²) in [5, 5.41) is 2.88. The van der Waals surface area contributed by atoms with Gasteiger partial charge < -0.3 is 14.6 Å². The van der Waals surface area contributed by atoms with Gasteiger partial charge in [0.15, 0.2) is 11.5 Å². The Labute approximate surface area is 141 Å². The molecule has 2 amide bonds. The molecular weight excluding hydrogens is 306 g/mol. The number of carbonyl (C=O) groups is 2. The van der Waals surface area contributed by atoms with Gasteiger partial charge in [-0.1, -0.05) is 12.1 Å². The maximum atomic E-state index is 11.9.